The lowest BCUT2D eigenvalue weighted by atomic mass is 10.2. The molecule has 0 saturated carbocycles. The van der Waals surface area contributed by atoms with Crippen LogP contribution in [0.15, 0.2) is 53.4 Å². The molecule has 1 aromatic heterocycles. The van der Waals surface area contributed by atoms with Gasteiger partial charge in [0.2, 0.25) is 15.9 Å². The Bertz CT molecular complexity index is 1290. The summed E-state index contributed by atoms with van der Waals surface area (Å²) >= 11 is 0. The number of carbonyl (C=O) groups is 1. The molecule has 0 atom stereocenters. The van der Waals surface area contributed by atoms with E-state index in [2.05, 4.69) is 24.8 Å². The van der Waals surface area contributed by atoms with E-state index in [1.165, 1.54) is 18.2 Å². The summed E-state index contributed by atoms with van der Waals surface area (Å²) < 4.78 is 29.3. The molecule has 10 heteroatoms. The van der Waals surface area contributed by atoms with Crippen LogP contribution < -0.4 is 10.0 Å². The van der Waals surface area contributed by atoms with Crippen molar-refractivity contribution in [3.05, 3.63) is 59.9 Å². The molecule has 0 spiro atoms. The molecule has 1 aliphatic rings. The predicted octanol–water partition coefficient (Wildman–Crippen LogP) is 2.46. The number of rotatable bonds is 6. The number of benzene rings is 2. The monoisotopic (exact) mass is 450 g/mol. The number of aromatic nitrogens is 3. The molecule has 2 heterocycles. The van der Waals surface area contributed by atoms with Gasteiger partial charge in [0.05, 0.1) is 17.0 Å². The van der Waals surface area contributed by atoms with E-state index in [-0.39, 0.29) is 10.5 Å². The van der Waals surface area contributed by atoms with Gasteiger partial charge in [-0.25, -0.2) is 13.1 Å². The molecule has 164 valence electrons. The highest BCUT2D eigenvalue weighted by Crippen LogP contribution is 2.25. The summed E-state index contributed by atoms with van der Waals surface area (Å²) in [7, 11) is -4.00. The van der Waals surface area contributed by atoms with Crippen molar-refractivity contribution in [3.63, 3.8) is 0 Å². The largest absolute Gasteiger partial charge is 0.325 e. The molecule has 0 radical (unpaired) electrons. The van der Waals surface area contributed by atoms with Gasteiger partial charge in [-0.3, -0.25) is 4.79 Å². The molecule has 0 aliphatic carbocycles. The zero-order valence-corrected chi connectivity index (χ0v) is 18.1. The van der Waals surface area contributed by atoms with Crippen molar-refractivity contribution >= 4 is 21.6 Å². The SMILES string of the molecule is N#Cc1ccccc1S(=O)(=O)NCC(=O)Nc1cccc(-c2nnc3n2CCCCC3)c1. The fourth-order valence-electron chi connectivity index (χ4n) is 3.67. The van der Waals surface area contributed by atoms with Crippen molar-refractivity contribution in [3.8, 4) is 17.5 Å². The summed E-state index contributed by atoms with van der Waals surface area (Å²) in [6, 6.07) is 14.9. The second-order valence-corrected chi connectivity index (χ2v) is 9.20. The second-order valence-electron chi connectivity index (χ2n) is 7.46. The molecule has 0 fully saturated rings. The fourth-order valence-corrected chi connectivity index (χ4v) is 4.81. The first-order valence-corrected chi connectivity index (χ1v) is 11.8. The van der Waals surface area contributed by atoms with Gasteiger partial charge in [-0.05, 0) is 37.1 Å². The highest BCUT2D eigenvalue weighted by Gasteiger charge is 2.20. The van der Waals surface area contributed by atoms with E-state index in [0.717, 1.165) is 49.4 Å². The number of aryl methyl sites for hydroxylation is 1. The molecular weight excluding hydrogens is 428 g/mol. The molecule has 2 aromatic carbocycles. The number of nitrogens with zero attached hydrogens (tertiary/aromatic N) is 4. The van der Waals surface area contributed by atoms with Crippen LogP contribution in [0.25, 0.3) is 11.4 Å². The quantitative estimate of drug-likeness (QED) is 0.593. The average molecular weight is 451 g/mol. The van der Waals surface area contributed by atoms with E-state index in [1.54, 1.807) is 24.3 Å². The van der Waals surface area contributed by atoms with Crippen molar-refractivity contribution in [1.29, 1.82) is 5.26 Å². The molecule has 32 heavy (non-hydrogen) atoms. The lowest BCUT2D eigenvalue weighted by Crippen LogP contribution is -2.33. The Balaban J connectivity index is 1.45. The first-order valence-electron chi connectivity index (χ1n) is 10.3. The van der Waals surface area contributed by atoms with Gasteiger partial charge >= 0.3 is 0 Å². The van der Waals surface area contributed by atoms with Gasteiger partial charge in [0, 0.05) is 24.2 Å². The van der Waals surface area contributed by atoms with Crippen LogP contribution in [0.1, 0.15) is 30.7 Å². The van der Waals surface area contributed by atoms with Crippen LogP contribution in [0, 0.1) is 11.3 Å². The van der Waals surface area contributed by atoms with E-state index >= 15 is 0 Å². The summed E-state index contributed by atoms with van der Waals surface area (Å²) in [5.74, 6) is 1.20. The molecule has 4 rings (SSSR count). The summed E-state index contributed by atoms with van der Waals surface area (Å²) in [6.45, 7) is 0.396. The van der Waals surface area contributed by atoms with Gasteiger partial charge in [-0.1, -0.05) is 30.7 Å². The predicted molar refractivity (Wildman–Crippen MR) is 118 cm³/mol. The number of hydrogen-bond donors (Lipinski definition) is 2. The van der Waals surface area contributed by atoms with Gasteiger partial charge in [-0.15, -0.1) is 10.2 Å². The molecule has 1 amide bonds. The topological polar surface area (TPSA) is 130 Å². The third kappa shape index (κ3) is 4.69. The Morgan fingerprint density at radius 1 is 1.09 bits per heavy atom. The van der Waals surface area contributed by atoms with Crippen molar-refractivity contribution in [2.24, 2.45) is 0 Å². The molecule has 9 nitrogen and oxygen atoms in total. The summed E-state index contributed by atoms with van der Waals surface area (Å²) in [6.07, 6.45) is 4.23. The number of amides is 1. The molecular formula is C22H22N6O3S. The molecule has 3 aromatic rings. The van der Waals surface area contributed by atoms with E-state index in [9.17, 15) is 13.2 Å². The van der Waals surface area contributed by atoms with Gasteiger partial charge in [0.1, 0.15) is 11.9 Å². The van der Waals surface area contributed by atoms with E-state index in [1.807, 2.05) is 12.1 Å². The molecule has 0 bridgehead atoms. The third-order valence-electron chi connectivity index (χ3n) is 5.23. The molecule has 2 N–H and O–H groups in total. The van der Waals surface area contributed by atoms with Crippen LogP contribution in [-0.2, 0) is 27.8 Å². The minimum Gasteiger partial charge on any atom is -0.325 e. The molecule has 0 saturated heterocycles. The Morgan fingerprint density at radius 3 is 2.78 bits per heavy atom. The number of fused-ring (bicyclic) bond motifs is 1. The van der Waals surface area contributed by atoms with E-state index in [0.29, 0.717) is 5.69 Å². The maximum Gasteiger partial charge on any atom is 0.242 e. The summed E-state index contributed by atoms with van der Waals surface area (Å²) in [5, 5.41) is 20.5. The maximum atomic E-state index is 12.5. The lowest BCUT2D eigenvalue weighted by Gasteiger charge is -2.11. The third-order valence-corrected chi connectivity index (χ3v) is 6.69. The van der Waals surface area contributed by atoms with Crippen molar-refractivity contribution < 1.29 is 13.2 Å². The minimum atomic E-state index is -4.00. The summed E-state index contributed by atoms with van der Waals surface area (Å²) in [5.41, 5.74) is 1.36. The van der Waals surface area contributed by atoms with Crippen LogP contribution >= 0.6 is 0 Å². The van der Waals surface area contributed by atoms with Crippen molar-refractivity contribution in [2.45, 2.75) is 37.1 Å². The Morgan fingerprint density at radius 2 is 1.94 bits per heavy atom. The molecule has 1 aliphatic heterocycles. The summed E-state index contributed by atoms with van der Waals surface area (Å²) in [4.78, 5) is 12.2. The van der Waals surface area contributed by atoms with Crippen LogP contribution in [-0.4, -0.2) is 35.6 Å². The van der Waals surface area contributed by atoms with Gasteiger partial charge < -0.3 is 9.88 Å². The standard InChI is InChI=1S/C22H22N6O3S/c23-14-17-7-3-4-10-19(17)32(30,31)24-15-21(29)25-18-9-6-8-16(13-18)22-27-26-20-11-2-1-5-12-28(20)22/h3-4,6-10,13,24H,1-2,5,11-12,15H2,(H,25,29). The normalized spacial score (nSPS) is 13.6. The fraction of sp³-hybridized carbons (Fsp3) is 0.273. The number of nitrogens with one attached hydrogen (secondary N) is 2. The first kappa shape index (κ1) is 21.7. The zero-order valence-electron chi connectivity index (χ0n) is 17.3. The minimum absolute atomic E-state index is 0.0144. The number of hydrogen-bond acceptors (Lipinski definition) is 6. The van der Waals surface area contributed by atoms with Crippen LogP contribution in [0.4, 0.5) is 5.69 Å². The Labute approximate surface area is 186 Å². The van der Waals surface area contributed by atoms with Crippen molar-refractivity contribution in [1.82, 2.24) is 19.5 Å². The van der Waals surface area contributed by atoms with Crippen LogP contribution in [0.2, 0.25) is 0 Å². The van der Waals surface area contributed by atoms with Gasteiger partial charge in [-0.2, -0.15) is 5.26 Å². The highest BCUT2D eigenvalue weighted by atomic mass is 32.2. The Kier molecular flexibility index (Phi) is 6.30. The lowest BCUT2D eigenvalue weighted by molar-refractivity contribution is -0.115. The number of nitriles is 1. The number of carbonyl (C=O) groups excluding carboxylic acids is 1. The van der Waals surface area contributed by atoms with Crippen LogP contribution in [0.3, 0.4) is 0 Å². The second kappa shape index (κ2) is 9.30. The van der Waals surface area contributed by atoms with Gasteiger partial charge in [0.25, 0.3) is 0 Å². The highest BCUT2D eigenvalue weighted by molar-refractivity contribution is 7.89. The van der Waals surface area contributed by atoms with E-state index < -0.39 is 22.5 Å². The first-order chi connectivity index (χ1) is 15.5. The maximum absolute atomic E-state index is 12.5. The number of anilines is 1. The smallest absolute Gasteiger partial charge is 0.242 e. The zero-order chi connectivity index (χ0) is 22.6. The average Bonchev–Trinajstić information content (AvgIpc) is 3.06. The van der Waals surface area contributed by atoms with Gasteiger partial charge in [0.15, 0.2) is 5.82 Å². The van der Waals surface area contributed by atoms with Crippen LogP contribution in [0.5, 0.6) is 0 Å². The number of sulfonamides is 1. The van der Waals surface area contributed by atoms with Crippen molar-refractivity contribution in [2.75, 3.05) is 11.9 Å². The van der Waals surface area contributed by atoms with E-state index in [4.69, 9.17) is 5.26 Å². The Hall–Kier alpha value is -3.55. The molecule has 0 unspecified atom stereocenters.